The van der Waals surface area contributed by atoms with Gasteiger partial charge in [-0.05, 0) is 37.8 Å². The Morgan fingerprint density at radius 3 is 2.84 bits per heavy atom. The largest absolute Gasteiger partial charge is 0.496 e. The van der Waals surface area contributed by atoms with Gasteiger partial charge < -0.3 is 15.8 Å². The molecule has 0 spiro atoms. The second kappa shape index (κ2) is 5.39. The van der Waals surface area contributed by atoms with Crippen molar-refractivity contribution in [3.8, 4) is 5.75 Å². The fourth-order valence-electron chi connectivity index (χ4n) is 2.13. The lowest BCUT2D eigenvalue weighted by atomic mass is 9.96. The van der Waals surface area contributed by atoms with Gasteiger partial charge in [0.15, 0.2) is 0 Å². The highest BCUT2D eigenvalue weighted by Crippen LogP contribution is 2.38. The Balaban J connectivity index is 2.04. The van der Waals surface area contributed by atoms with Crippen LogP contribution in [0.3, 0.4) is 0 Å². The summed E-state index contributed by atoms with van der Waals surface area (Å²) < 4.78 is 5.24. The van der Waals surface area contributed by atoms with Crippen molar-refractivity contribution in [2.24, 2.45) is 11.7 Å². The molecule has 0 aromatic heterocycles. The van der Waals surface area contributed by atoms with Crippen LogP contribution in [0.25, 0.3) is 0 Å². The summed E-state index contributed by atoms with van der Waals surface area (Å²) in [6.07, 6.45) is 2.05. The Hall–Kier alpha value is -1.26. The van der Waals surface area contributed by atoms with E-state index < -0.39 is 5.54 Å². The molecule has 1 aromatic carbocycles. The van der Waals surface area contributed by atoms with Crippen molar-refractivity contribution in [1.29, 1.82) is 0 Å². The SMILES string of the molecule is COc1cccc(Cl)c1CNC(=O)C(C)(N)C1CC1. The van der Waals surface area contributed by atoms with Gasteiger partial charge in [0.25, 0.3) is 0 Å². The van der Waals surface area contributed by atoms with Crippen LogP contribution in [-0.2, 0) is 11.3 Å². The lowest BCUT2D eigenvalue weighted by Gasteiger charge is -2.23. The predicted molar refractivity (Wildman–Crippen MR) is 75.2 cm³/mol. The number of methoxy groups -OCH3 is 1. The zero-order valence-corrected chi connectivity index (χ0v) is 12.0. The van der Waals surface area contributed by atoms with Crippen molar-refractivity contribution in [2.45, 2.75) is 31.8 Å². The molecule has 19 heavy (non-hydrogen) atoms. The van der Waals surface area contributed by atoms with E-state index in [0.29, 0.717) is 23.2 Å². The Bertz CT molecular complexity index is 484. The molecule has 0 radical (unpaired) electrons. The van der Waals surface area contributed by atoms with Gasteiger partial charge in [0.2, 0.25) is 5.91 Å². The van der Waals surface area contributed by atoms with Crippen LogP contribution >= 0.6 is 11.6 Å². The molecule has 2 rings (SSSR count). The third-order valence-electron chi connectivity index (χ3n) is 3.64. The Morgan fingerprint density at radius 2 is 2.26 bits per heavy atom. The average Bonchev–Trinajstić information content (AvgIpc) is 3.21. The number of hydrogen-bond acceptors (Lipinski definition) is 3. The van der Waals surface area contributed by atoms with Crippen LogP contribution in [-0.4, -0.2) is 18.6 Å². The van der Waals surface area contributed by atoms with E-state index in [-0.39, 0.29) is 5.91 Å². The highest BCUT2D eigenvalue weighted by molar-refractivity contribution is 6.31. The summed E-state index contributed by atoms with van der Waals surface area (Å²) in [7, 11) is 1.58. The quantitative estimate of drug-likeness (QED) is 0.869. The molecule has 1 saturated carbocycles. The zero-order valence-electron chi connectivity index (χ0n) is 11.2. The monoisotopic (exact) mass is 282 g/mol. The number of amides is 1. The molecule has 3 N–H and O–H groups in total. The van der Waals surface area contributed by atoms with E-state index in [0.717, 1.165) is 18.4 Å². The maximum absolute atomic E-state index is 12.1. The van der Waals surface area contributed by atoms with Crippen LogP contribution in [0, 0.1) is 5.92 Å². The molecule has 1 amide bonds. The van der Waals surface area contributed by atoms with Gasteiger partial charge in [0.05, 0.1) is 12.6 Å². The first-order valence-corrected chi connectivity index (χ1v) is 6.73. The summed E-state index contributed by atoms with van der Waals surface area (Å²) in [6, 6.07) is 5.40. The van der Waals surface area contributed by atoms with Gasteiger partial charge >= 0.3 is 0 Å². The first-order valence-electron chi connectivity index (χ1n) is 6.35. The number of ether oxygens (including phenoxy) is 1. The molecule has 1 aliphatic carbocycles. The van der Waals surface area contributed by atoms with Gasteiger partial charge in [-0.1, -0.05) is 17.7 Å². The third kappa shape index (κ3) is 3.01. The minimum Gasteiger partial charge on any atom is -0.496 e. The lowest BCUT2D eigenvalue weighted by Crippen LogP contribution is -2.53. The third-order valence-corrected chi connectivity index (χ3v) is 3.99. The van der Waals surface area contributed by atoms with Gasteiger partial charge in [-0.3, -0.25) is 4.79 Å². The van der Waals surface area contributed by atoms with E-state index in [2.05, 4.69) is 5.32 Å². The number of nitrogens with one attached hydrogen (secondary N) is 1. The molecular weight excluding hydrogens is 264 g/mol. The topological polar surface area (TPSA) is 64.3 Å². The van der Waals surface area contributed by atoms with Crippen LogP contribution in [0.4, 0.5) is 0 Å². The van der Waals surface area contributed by atoms with Crippen molar-refractivity contribution >= 4 is 17.5 Å². The molecule has 1 aromatic rings. The number of carbonyl (C=O) groups excluding carboxylic acids is 1. The van der Waals surface area contributed by atoms with Crippen molar-refractivity contribution in [2.75, 3.05) is 7.11 Å². The van der Waals surface area contributed by atoms with Crippen molar-refractivity contribution < 1.29 is 9.53 Å². The summed E-state index contributed by atoms with van der Waals surface area (Å²) in [4.78, 5) is 12.1. The van der Waals surface area contributed by atoms with Crippen molar-refractivity contribution in [3.05, 3.63) is 28.8 Å². The molecule has 1 fully saturated rings. The number of benzene rings is 1. The first-order chi connectivity index (χ1) is 8.96. The summed E-state index contributed by atoms with van der Waals surface area (Å²) in [6.45, 7) is 2.10. The van der Waals surface area contributed by atoms with Crippen LogP contribution in [0.15, 0.2) is 18.2 Å². The minimum atomic E-state index is -0.797. The van der Waals surface area contributed by atoms with Crippen LogP contribution in [0.5, 0.6) is 5.75 Å². The van der Waals surface area contributed by atoms with Gasteiger partial charge in [-0.25, -0.2) is 0 Å². The molecule has 5 heteroatoms. The van der Waals surface area contributed by atoms with Gasteiger partial charge in [-0.2, -0.15) is 0 Å². The number of carbonyl (C=O) groups is 1. The van der Waals surface area contributed by atoms with E-state index in [9.17, 15) is 4.79 Å². The second-order valence-corrected chi connectivity index (χ2v) is 5.57. The van der Waals surface area contributed by atoms with Crippen LogP contribution in [0.1, 0.15) is 25.3 Å². The summed E-state index contributed by atoms with van der Waals surface area (Å²) in [5.41, 5.74) is 6.03. The van der Waals surface area contributed by atoms with Gasteiger partial charge in [0, 0.05) is 17.1 Å². The highest BCUT2D eigenvalue weighted by atomic mass is 35.5. The van der Waals surface area contributed by atoms with E-state index in [1.165, 1.54) is 0 Å². The standard InChI is InChI=1S/C14H19ClN2O2/c1-14(16,9-6-7-9)13(18)17-8-10-11(15)4-3-5-12(10)19-2/h3-5,9H,6-8,16H2,1-2H3,(H,17,18). The second-order valence-electron chi connectivity index (χ2n) is 5.16. The normalized spacial score (nSPS) is 17.7. The fraction of sp³-hybridized carbons (Fsp3) is 0.500. The van der Waals surface area contributed by atoms with Gasteiger partial charge in [0.1, 0.15) is 5.75 Å². The summed E-state index contributed by atoms with van der Waals surface area (Å²) in [5.74, 6) is 0.815. The van der Waals surface area contributed by atoms with Crippen molar-refractivity contribution in [1.82, 2.24) is 5.32 Å². The van der Waals surface area contributed by atoms with Crippen molar-refractivity contribution in [3.63, 3.8) is 0 Å². The fourth-order valence-corrected chi connectivity index (χ4v) is 2.36. The molecule has 104 valence electrons. The molecule has 1 aliphatic rings. The number of rotatable bonds is 5. The van der Waals surface area contributed by atoms with E-state index >= 15 is 0 Å². The number of nitrogens with two attached hydrogens (primary N) is 1. The molecule has 1 unspecified atom stereocenters. The highest BCUT2D eigenvalue weighted by Gasteiger charge is 2.43. The van der Waals surface area contributed by atoms with E-state index in [1.54, 1.807) is 20.1 Å². The molecular formula is C14H19ClN2O2. The molecule has 0 aliphatic heterocycles. The lowest BCUT2D eigenvalue weighted by molar-refractivity contribution is -0.126. The summed E-state index contributed by atoms with van der Waals surface area (Å²) in [5, 5.41) is 3.42. The smallest absolute Gasteiger partial charge is 0.240 e. The van der Waals surface area contributed by atoms with Crippen LogP contribution < -0.4 is 15.8 Å². The van der Waals surface area contributed by atoms with Crippen LogP contribution in [0.2, 0.25) is 5.02 Å². The first kappa shape index (κ1) is 14.2. The summed E-state index contributed by atoms with van der Waals surface area (Å²) >= 11 is 6.12. The predicted octanol–water partition coefficient (Wildman–Crippen LogP) is 2.09. The molecule has 1 atom stereocenters. The minimum absolute atomic E-state index is 0.142. The Kier molecular flexibility index (Phi) is 4.02. The van der Waals surface area contributed by atoms with E-state index in [4.69, 9.17) is 22.1 Å². The van der Waals surface area contributed by atoms with Gasteiger partial charge in [-0.15, -0.1) is 0 Å². The molecule has 0 saturated heterocycles. The molecule has 0 bridgehead atoms. The maximum Gasteiger partial charge on any atom is 0.240 e. The van der Waals surface area contributed by atoms with E-state index in [1.807, 2.05) is 12.1 Å². The number of hydrogen-bond donors (Lipinski definition) is 2. The Labute approximate surface area is 118 Å². The number of halogens is 1. The molecule has 4 nitrogen and oxygen atoms in total. The average molecular weight is 283 g/mol. The zero-order chi connectivity index (χ0) is 14.0. The molecule has 0 heterocycles. The maximum atomic E-state index is 12.1. The Morgan fingerprint density at radius 1 is 1.58 bits per heavy atom.